The number of hydrogen-bond donors (Lipinski definition) is 1. The predicted octanol–water partition coefficient (Wildman–Crippen LogP) is 3.01. The van der Waals surface area contributed by atoms with Crippen molar-refractivity contribution in [3.8, 4) is 5.75 Å². The number of aromatic nitrogens is 2. The molecule has 1 atom stereocenters. The van der Waals surface area contributed by atoms with Crippen molar-refractivity contribution in [1.29, 1.82) is 0 Å². The van der Waals surface area contributed by atoms with Crippen LogP contribution in [0.3, 0.4) is 0 Å². The van der Waals surface area contributed by atoms with Gasteiger partial charge in [0, 0.05) is 19.4 Å². The molecule has 1 amide bonds. The Morgan fingerprint density at radius 2 is 2.09 bits per heavy atom. The van der Waals surface area contributed by atoms with Crippen LogP contribution in [0.4, 0.5) is 0 Å². The van der Waals surface area contributed by atoms with Crippen LogP contribution >= 0.6 is 11.3 Å². The van der Waals surface area contributed by atoms with Gasteiger partial charge in [-0.1, -0.05) is 18.2 Å². The first-order chi connectivity index (χ1) is 11.2. The molecular weight excluding hydrogens is 310 g/mol. The molecule has 3 rings (SSSR count). The number of hydrogen-bond acceptors (Lipinski definition) is 4. The lowest BCUT2D eigenvalue weighted by molar-refractivity contribution is 0.0945. The van der Waals surface area contributed by atoms with E-state index < -0.39 is 0 Å². The molecule has 0 aliphatic carbocycles. The fourth-order valence-corrected chi connectivity index (χ4v) is 2.99. The molecule has 6 heteroatoms. The van der Waals surface area contributed by atoms with Crippen molar-refractivity contribution < 1.29 is 9.53 Å². The molecule has 0 aliphatic rings. The zero-order chi connectivity index (χ0) is 16.2. The molecular formula is C17H17N3O2S. The number of nitrogens with one attached hydrogen (secondary N) is 1. The van der Waals surface area contributed by atoms with Gasteiger partial charge in [-0.05, 0) is 29.1 Å². The van der Waals surface area contributed by atoms with Gasteiger partial charge in [-0.25, -0.2) is 4.98 Å². The van der Waals surface area contributed by atoms with Gasteiger partial charge < -0.3 is 14.6 Å². The fourth-order valence-electron chi connectivity index (χ4n) is 2.36. The highest BCUT2D eigenvalue weighted by molar-refractivity contribution is 7.12. The number of imidazole rings is 1. The number of carbonyl (C=O) groups is 1. The number of thiophene rings is 1. The van der Waals surface area contributed by atoms with Crippen LogP contribution in [-0.4, -0.2) is 22.6 Å². The standard InChI is InChI=1S/C17H17N3O2S/c1-20-10-9-18-16(20)15(12-5-7-13(22-2)8-6-12)19-17(21)14-4-3-11-23-14/h3-11,15H,1-2H3,(H,19,21). The van der Waals surface area contributed by atoms with Gasteiger partial charge in [0.15, 0.2) is 0 Å². The van der Waals surface area contributed by atoms with E-state index in [1.165, 1.54) is 11.3 Å². The second kappa shape index (κ2) is 6.66. The summed E-state index contributed by atoms with van der Waals surface area (Å²) < 4.78 is 7.10. The van der Waals surface area contributed by atoms with Gasteiger partial charge in [0.25, 0.3) is 5.91 Å². The van der Waals surface area contributed by atoms with Crippen LogP contribution in [0.5, 0.6) is 5.75 Å². The van der Waals surface area contributed by atoms with Gasteiger partial charge in [0.2, 0.25) is 0 Å². The number of ether oxygens (including phenoxy) is 1. The predicted molar refractivity (Wildman–Crippen MR) is 89.8 cm³/mol. The molecule has 2 aromatic heterocycles. The lowest BCUT2D eigenvalue weighted by Gasteiger charge is -2.19. The van der Waals surface area contributed by atoms with Gasteiger partial charge in [-0.3, -0.25) is 4.79 Å². The normalized spacial score (nSPS) is 11.9. The van der Waals surface area contributed by atoms with Crippen LogP contribution in [0.1, 0.15) is 27.1 Å². The van der Waals surface area contributed by atoms with E-state index in [2.05, 4.69) is 10.3 Å². The second-order valence-electron chi connectivity index (χ2n) is 5.05. The molecule has 0 saturated heterocycles. The van der Waals surface area contributed by atoms with Crippen LogP contribution in [0.15, 0.2) is 54.2 Å². The third-order valence-corrected chi connectivity index (χ3v) is 4.45. The van der Waals surface area contributed by atoms with Gasteiger partial charge in [-0.15, -0.1) is 11.3 Å². The summed E-state index contributed by atoms with van der Waals surface area (Å²) in [6.07, 6.45) is 3.59. The maximum Gasteiger partial charge on any atom is 0.262 e. The molecule has 1 aromatic carbocycles. The number of carbonyl (C=O) groups excluding carboxylic acids is 1. The summed E-state index contributed by atoms with van der Waals surface area (Å²) >= 11 is 1.42. The highest BCUT2D eigenvalue weighted by atomic mass is 32.1. The second-order valence-corrected chi connectivity index (χ2v) is 6.00. The summed E-state index contributed by atoms with van der Waals surface area (Å²) in [7, 11) is 3.54. The largest absolute Gasteiger partial charge is 0.497 e. The van der Waals surface area contributed by atoms with Crippen LogP contribution in [0, 0.1) is 0 Å². The van der Waals surface area contributed by atoms with E-state index in [0.29, 0.717) is 4.88 Å². The Morgan fingerprint density at radius 3 is 2.65 bits per heavy atom. The average molecular weight is 327 g/mol. The van der Waals surface area contributed by atoms with E-state index >= 15 is 0 Å². The Labute approximate surface area is 138 Å². The molecule has 0 saturated carbocycles. The lowest BCUT2D eigenvalue weighted by atomic mass is 10.1. The number of nitrogens with zero attached hydrogens (tertiary/aromatic N) is 2. The summed E-state index contributed by atoms with van der Waals surface area (Å²) in [4.78, 5) is 17.5. The molecule has 5 nitrogen and oxygen atoms in total. The Hall–Kier alpha value is -2.60. The molecule has 0 bridgehead atoms. The number of benzene rings is 1. The minimum Gasteiger partial charge on any atom is -0.497 e. The third-order valence-electron chi connectivity index (χ3n) is 3.59. The first kappa shape index (κ1) is 15.3. The maximum atomic E-state index is 12.5. The summed E-state index contributed by atoms with van der Waals surface area (Å²) in [5.41, 5.74) is 0.949. The van der Waals surface area contributed by atoms with Gasteiger partial charge >= 0.3 is 0 Å². The SMILES string of the molecule is COc1ccc(C(NC(=O)c2cccs2)c2nccn2C)cc1. The molecule has 2 heterocycles. The van der Waals surface area contributed by atoms with Crippen molar-refractivity contribution >= 4 is 17.2 Å². The average Bonchev–Trinajstić information content (AvgIpc) is 3.24. The topological polar surface area (TPSA) is 56.1 Å². The minimum absolute atomic E-state index is 0.108. The van der Waals surface area contributed by atoms with Gasteiger partial charge in [0.05, 0.1) is 12.0 Å². The van der Waals surface area contributed by atoms with Crippen molar-refractivity contribution in [3.63, 3.8) is 0 Å². The Balaban J connectivity index is 1.93. The molecule has 1 unspecified atom stereocenters. The summed E-state index contributed by atoms with van der Waals surface area (Å²) in [5.74, 6) is 1.45. The zero-order valence-corrected chi connectivity index (χ0v) is 13.7. The van der Waals surface area contributed by atoms with Crippen LogP contribution in [0.2, 0.25) is 0 Å². The number of rotatable bonds is 5. The number of amides is 1. The molecule has 118 valence electrons. The summed E-state index contributed by atoms with van der Waals surface area (Å²) in [6, 6.07) is 11.0. The molecule has 0 aliphatic heterocycles. The van der Waals surface area contributed by atoms with Crippen LogP contribution in [0.25, 0.3) is 0 Å². The van der Waals surface area contributed by atoms with E-state index in [4.69, 9.17) is 4.74 Å². The highest BCUT2D eigenvalue weighted by Gasteiger charge is 2.21. The smallest absolute Gasteiger partial charge is 0.262 e. The molecule has 0 spiro atoms. The van der Waals surface area contributed by atoms with Gasteiger partial charge in [0.1, 0.15) is 17.6 Å². The summed E-state index contributed by atoms with van der Waals surface area (Å²) in [6.45, 7) is 0. The van der Waals surface area contributed by atoms with Crippen molar-refractivity contribution in [3.05, 3.63) is 70.4 Å². The highest BCUT2D eigenvalue weighted by Crippen LogP contribution is 2.24. The quantitative estimate of drug-likeness (QED) is 0.784. The van der Waals surface area contributed by atoms with Crippen molar-refractivity contribution in [2.24, 2.45) is 7.05 Å². The van der Waals surface area contributed by atoms with E-state index in [1.54, 1.807) is 13.3 Å². The van der Waals surface area contributed by atoms with Crippen molar-refractivity contribution in [1.82, 2.24) is 14.9 Å². The molecule has 3 aromatic rings. The Morgan fingerprint density at radius 1 is 1.30 bits per heavy atom. The number of methoxy groups -OCH3 is 1. The van der Waals surface area contributed by atoms with Crippen LogP contribution < -0.4 is 10.1 Å². The molecule has 0 fully saturated rings. The first-order valence-corrected chi connectivity index (χ1v) is 8.02. The van der Waals surface area contributed by atoms with Crippen molar-refractivity contribution in [2.45, 2.75) is 6.04 Å². The van der Waals surface area contributed by atoms with Crippen LogP contribution in [-0.2, 0) is 7.05 Å². The first-order valence-electron chi connectivity index (χ1n) is 7.14. The number of aryl methyl sites for hydroxylation is 1. The monoisotopic (exact) mass is 327 g/mol. The van der Waals surface area contributed by atoms with E-state index in [-0.39, 0.29) is 11.9 Å². The van der Waals surface area contributed by atoms with Crippen molar-refractivity contribution in [2.75, 3.05) is 7.11 Å². The molecule has 23 heavy (non-hydrogen) atoms. The molecule has 1 N–H and O–H groups in total. The van der Waals surface area contributed by atoms with Gasteiger partial charge in [-0.2, -0.15) is 0 Å². The maximum absolute atomic E-state index is 12.5. The summed E-state index contributed by atoms with van der Waals surface area (Å²) in [5, 5.41) is 4.95. The lowest BCUT2D eigenvalue weighted by Crippen LogP contribution is -2.30. The zero-order valence-electron chi connectivity index (χ0n) is 12.9. The third kappa shape index (κ3) is 3.27. The Bertz CT molecular complexity index is 779. The minimum atomic E-state index is -0.324. The fraction of sp³-hybridized carbons (Fsp3) is 0.176. The van der Waals surface area contributed by atoms with E-state index in [0.717, 1.165) is 17.1 Å². The van der Waals surface area contributed by atoms with E-state index in [1.807, 2.05) is 59.6 Å². The Kier molecular flexibility index (Phi) is 4.43. The van der Waals surface area contributed by atoms with E-state index in [9.17, 15) is 4.79 Å². The molecule has 0 radical (unpaired) electrons.